The molecule has 2 heteroatoms. The zero-order valence-electron chi connectivity index (χ0n) is 22.6. The molecule has 1 aromatic rings. The summed E-state index contributed by atoms with van der Waals surface area (Å²) < 4.78 is 12.9. The number of benzene rings is 1. The molecule has 0 aromatic heterocycles. The average Bonchev–Trinajstić information content (AvgIpc) is 2.74. The van der Waals surface area contributed by atoms with Crippen molar-refractivity contribution in [2.75, 3.05) is 6.61 Å². The van der Waals surface area contributed by atoms with E-state index >= 15 is 0 Å². The van der Waals surface area contributed by atoms with Gasteiger partial charge in [0.15, 0.2) is 6.29 Å². The summed E-state index contributed by atoms with van der Waals surface area (Å²) in [5.41, 5.74) is 1.84. The highest BCUT2D eigenvalue weighted by molar-refractivity contribution is 5.31. The van der Waals surface area contributed by atoms with E-state index in [0.717, 1.165) is 30.6 Å². The van der Waals surface area contributed by atoms with Crippen LogP contribution in [0.15, 0.2) is 24.3 Å². The van der Waals surface area contributed by atoms with Crippen LogP contribution in [0.25, 0.3) is 0 Å². The topological polar surface area (TPSA) is 18.5 Å². The third-order valence-corrected chi connectivity index (χ3v) is 8.02. The Hall–Kier alpha value is -1.02. The molecule has 33 heavy (non-hydrogen) atoms. The molecule has 0 radical (unpaired) electrons. The molecule has 1 atom stereocenters. The van der Waals surface area contributed by atoms with Crippen LogP contribution in [0.1, 0.15) is 130 Å². The minimum absolute atomic E-state index is 0.108. The van der Waals surface area contributed by atoms with Gasteiger partial charge in [-0.3, -0.25) is 0 Å². The monoisotopic (exact) mass is 456 g/mol. The molecule has 188 valence electrons. The van der Waals surface area contributed by atoms with Crippen LogP contribution < -0.4 is 4.74 Å². The molecule has 1 aromatic carbocycles. The molecule has 3 rings (SSSR count). The fraction of sp³-hybridized carbons (Fsp3) is 0.806. The molecule has 2 aliphatic rings. The SMILES string of the molecule is CC(C)(C)C(c1ccc(OC(CC2CCCCC2)OCCC2CCCCC2)cc1)C(C)(C)C. The number of hydrogen-bond acceptors (Lipinski definition) is 2. The van der Waals surface area contributed by atoms with Crippen LogP contribution in [-0.2, 0) is 4.74 Å². The maximum Gasteiger partial charge on any atom is 0.200 e. The molecule has 0 bridgehead atoms. The Morgan fingerprint density at radius 2 is 1.24 bits per heavy atom. The van der Waals surface area contributed by atoms with Crippen LogP contribution in [0.4, 0.5) is 0 Å². The molecule has 2 fully saturated rings. The van der Waals surface area contributed by atoms with Gasteiger partial charge in [0.2, 0.25) is 0 Å². The van der Waals surface area contributed by atoms with Gasteiger partial charge in [-0.05, 0) is 52.7 Å². The van der Waals surface area contributed by atoms with Gasteiger partial charge < -0.3 is 9.47 Å². The Morgan fingerprint density at radius 1 is 0.727 bits per heavy atom. The maximum absolute atomic E-state index is 6.49. The van der Waals surface area contributed by atoms with Gasteiger partial charge in [0, 0.05) is 6.42 Å². The molecule has 0 aliphatic heterocycles. The van der Waals surface area contributed by atoms with E-state index < -0.39 is 0 Å². The van der Waals surface area contributed by atoms with Gasteiger partial charge >= 0.3 is 0 Å². The molecule has 0 amide bonds. The lowest BCUT2D eigenvalue weighted by Crippen LogP contribution is -2.30. The van der Waals surface area contributed by atoms with E-state index in [0.29, 0.717) is 5.92 Å². The van der Waals surface area contributed by atoms with Crippen molar-refractivity contribution in [1.29, 1.82) is 0 Å². The predicted octanol–water partition coefficient (Wildman–Crippen LogP) is 9.52. The van der Waals surface area contributed by atoms with Crippen LogP contribution in [0, 0.1) is 22.7 Å². The minimum Gasteiger partial charge on any atom is -0.465 e. The maximum atomic E-state index is 6.49. The first-order chi connectivity index (χ1) is 15.6. The first kappa shape index (κ1) is 26.6. The fourth-order valence-corrected chi connectivity index (χ4v) is 6.88. The molecule has 0 N–H and O–H groups in total. The summed E-state index contributed by atoms with van der Waals surface area (Å²) in [6.07, 6.45) is 16.0. The van der Waals surface area contributed by atoms with E-state index in [1.165, 1.54) is 76.2 Å². The highest BCUT2D eigenvalue weighted by Gasteiger charge is 2.36. The van der Waals surface area contributed by atoms with Gasteiger partial charge in [0.05, 0.1) is 6.61 Å². The number of ether oxygens (including phenoxy) is 2. The third kappa shape index (κ3) is 8.61. The van der Waals surface area contributed by atoms with Gasteiger partial charge in [-0.15, -0.1) is 0 Å². The van der Waals surface area contributed by atoms with Gasteiger partial charge in [-0.2, -0.15) is 0 Å². The Labute approximate surface area is 205 Å². The molecule has 2 nitrogen and oxygen atoms in total. The highest BCUT2D eigenvalue weighted by Crippen LogP contribution is 2.47. The highest BCUT2D eigenvalue weighted by atomic mass is 16.7. The molecule has 2 aliphatic carbocycles. The number of hydrogen-bond donors (Lipinski definition) is 0. The lowest BCUT2D eigenvalue weighted by atomic mass is 9.64. The van der Waals surface area contributed by atoms with Gasteiger partial charge in [-0.1, -0.05) is 118 Å². The van der Waals surface area contributed by atoms with Crippen LogP contribution >= 0.6 is 0 Å². The number of rotatable bonds is 9. The summed E-state index contributed by atoms with van der Waals surface area (Å²) in [5.74, 6) is 3.06. The van der Waals surface area contributed by atoms with Crippen molar-refractivity contribution >= 4 is 0 Å². The van der Waals surface area contributed by atoms with E-state index in [1.54, 1.807) is 0 Å². The zero-order valence-corrected chi connectivity index (χ0v) is 22.6. The predicted molar refractivity (Wildman–Crippen MR) is 141 cm³/mol. The summed E-state index contributed by atoms with van der Waals surface area (Å²) in [4.78, 5) is 0. The Bertz CT molecular complexity index is 652. The quantitative estimate of drug-likeness (QED) is 0.344. The first-order valence-electron chi connectivity index (χ1n) is 14.0. The lowest BCUT2D eigenvalue weighted by molar-refractivity contribution is -0.0984. The summed E-state index contributed by atoms with van der Waals surface area (Å²) in [6, 6.07) is 8.93. The van der Waals surface area contributed by atoms with Crippen molar-refractivity contribution in [1.82, 2.24) is 0 Å². The standard InChI is InChI=1S/C31H52O2/c1-30(2,3)29(31(4,5)6)26-17-19-27(20-18-26)33-28(23-25-15-11-8-12-16-25)32-22-21-24-13-9-7-10-14-24/h17-20,24-25,28-29H,7-16,21-23H2,1-6H3. The summed E-state index contributed by atoms with van der Waals surface area (Å²) in [6.45, 7) is 15.0. The lowest BCUT2D eigenvalue weighted by Gasteiger charge is -2.41. The summed E-state index contributed by atoms with van der Waals surface area (Å²) in [5, 5.41) is 0. The van der Waals surface area contributed by atoms with Crippen LogP contribution in [0.3, 0.4) is 0 Å². The first-order valence-corrected chi connectivity index (χ1v) is 14.0. The van der Waals surface area contributed by atoms with Crippen molar-refractivity contribution in [3.63, 3.8) is 0 Å². The fourth-order valence-electron chi connectivity index (χ4n) is 6.88. The Kier molecular flexibility index (Phi) is 9.74. The van der Waals surface area contributed by atoms with Crippen LogP contribution in [0.2, 0.25) is 0 Å². The van der Waals surface area contributed by atoms with Gasteiger partial charge in [0.1, 0.15) is 5.75 Å². The van der Waals surface area contributed by atoms with Gasteiger partial charge in [-0.25, -0.2) is 0 Å². The Balaban J connectivity index is 1.63. The molecule has 0 saturated heterocycles. The summed E-state index contributed by atoms with van der Waals surface area (Å²) in [7, 11) is 0. The second kappa shape index (κ2) is 12.1. The van der Waals surface area contributed by atoms with Crippen molar-refractivity contribution < 1.29 is 9.47 Å². The molecule has 0 spiro atoms. The van der Waals surface area contributed by atoms with Gasteiger partial charge in [0.25, 0.3) is 0 Å². The largest absolute Gasteiger partial charge is 0.465 e. The van der Waals surface area contributed by atoms with E-state index in [2.05, 4.69) is 65.8 Å². The molecular weight excluding hydrogens is 404 g/mol. The van der Waals surface area contributed by atoms with E-state index in [9.17, 15) is 0 Å². The van der Waals surface area contributed by atoms with Crippen LogP contribution in [0.5, 0.6) is 5.75 Å². The van der Waals surface area contributed by atoms with E-state index in [4.69, 9.17) is 9.47 Å². The van der Waals surface area contributed by atoms with Crippen molar-refractivity contribution in [2.24, 2.45) is 22.7 Å². The van der Waals surface area contributed by atoms with E-state index in [-0.39, 0.29) is 17.1 Å². The molecule has 1 unspecified atom stereocenters. The van der Waals surface area contributed by atoms with Crippen molar-refractivity contribution in [3.05, 3.63) is 29.8 Å². The zero-order chi connectivity index (χ0) is 23.9. The average molecular weight is 457 g/mol. The molecular formula is C31H52O2. The normalized spacial score (nSPS) is 20.2. The minimum atomic E-state index is -0.108. The van der Waals surface area contributed by atoms with Crippen LogP contribution in [-0.4, -0.2) is 12.9 Å². The smallest absolute Gasteiger partial charge is 0.200 e. The Morgan fingerprint density at radius 3 is 1.76 bits per heavy atom. The van der Waals surface area contributed by atoms with Crippen molar-refractivity contribution in [2.45, 2.75) is 131 Å². The molecule has 0 heterocycles. The summed E-state index contributed by atoms with van der Waals surface area (Å²) >= 11 is 0. The third-order valence-electron chi connectivity index (χ3n) is 8.02. The van der Waals surface area contributed by atoms with Crippen molar-refractivity contribution in [3.8, 4) is 5.75 Å². The molecule has 2 saturated carbocycles. The second-order valence-corrected chi connectivity index (χ2v) is 13.2. The second-order valence-electron chi connectivity index (χ2n) is 13.2. The van der Waals surface area contributed by atoms with E-state index in [1.807, 2.05) is 0 Å².